The van der Waals surface area contributed by atoms with E-state index in [1.54, 1.807) is 13.8 Å². The number of nitrogens with one attached hydrogen (secondary N) is 1. The van der Waals surface area contributed by atoms with Crippen LogP contribution in [0.5, 0.6) is 0 Å². The molecule has 0 unspecified atom stereocenters. The van der Waals surface area contributed by atoms with Crippen LogP contribution in [0.4, 0.5) is 0 Å². The molecule has 4 heteroatoms. The summed E-state index contributed by atoms with van der Waals surface area (Å²) in [7, 11) is 0. The van der Waals surface area contributed by atoms with Gasteiger partial charge in [-0.15, -0.1) is 0 Å². The lowest BCUT2D eigenvalue weighted by Crippen LogP contribution is -2.19. The van der Waals surface area contributed by atoms with Gasteiger partial charge in [0.2, 0.25) is 0 Å². The van der Waals surface area contributed by atoms with Crippen molar-refractivity contribution in [2.75, 3.05) is 0 Å². The van der Waals surface area contributed by atoms with Crippen LogP contribution in [0.15, 0.2) is 0 Å². The second kappa shape index (κ2) is 2.37. The van der Waals surface area contributed by atoms with Gasteiger partial charge in [-0.2, -0.15) is 0 Å². The van der Waals surface area contributed by atoms with Crippen molar-refractivity contribution in [1.29, 1.82) is 5.41 Å². The molecule has 48 valence electrons. The second-order valence-corrected chi connectivity index (χ2v) is 3.56. The van der Waals surface area contributed by atoms with E-state index in [9.17, 15) is 0 Å². The van der Waals surface area contributed by atoms with Crippen LogP contribution in [0.3, 0.4) is 0 Å². The van der Waals surface area contributed by atoms with Crippen LogP contribution in [0.1, 0.15) is 13.8 Å². The second-order valence-electron chi connectivity index (χ2n) is 1.91. The van der Waals surface area contributed by atoms with E-state index in [-0.39, 0.29) is 5.17 Å². The Bertz CT molecular complexity index is 96.7. The van der Waals surface area contributed by atoms with Crippen molar-refractivity contribution < 1.29 is 5.11 Å². The highest BCUT2D eigenvalue weighted by molar-refractivity contribution is 8.14. The number of hydrogen-bond donors (Lipinski definition) is 3. The van der Waals surface area contributed by atoms with Gasteiger partial charge in [0.05, 0.1) is 0 Å². The quantitative estimate of drug-likeness (QED) is 0.275. The van der Waals surface area contributed by atoms with E-state index in [1.165, 1.54) is 0 Å². The minimum Gasteiger partial charge on any atom is -0.380 e. The van der Waals surface area contributed by atoms with E-state index in [1.807, 2.05) is 0 Å². The van der Waals surface area contributed by atoms with E-state index in [4.69, 9.17) is 16.2 Å². The third-order valence-corrected chi connectivity index (χ3v) is 1.08. The van der Waals surface area contributed by atoms with Gasteiger partial charge in [-0.3, -0.25) is 5.41 Å². The summed E-state index contributed by atoms with van der Waals surface area (Å²) in [6.07, 6.45) is 0. The SMILES string of the molecule is CC(C)(O)SC(=N)N. The molecule has 0 radical (unpaired) electrons. The molecule has 3 nitrogen and oxygen atoms in total. The van der Waals surface area contributed by atoms with Gasteiger partial charge in [0.15, 0.2) is 5.17 Å². The number of aliphatic hydroxyl groups is 1. The monoisotopic (exact) mass is 134 g/mol. The molecular weight excluding hydrogens is 124 g/mol. The average molecular weight is 134 g/mol. The van der Waals surface area contributed by atoms with Crippen LogP contribution in [-0.2, 0) is 0 Å². The van der Waals surface area contributed by atoms with Crippen molar-refractivity contribution in [3.05, 3.63) is 0 Å². The van der Waals surface area contributed by atoms with Crippen LogP contribution in [0.25, 0.3) is 0 Å². The van der Waals surface area contributed by atoms with Crippen LogP contribution in [0.2, 0.25) is 0 Å². The Morgan fingerprint density at radius 3 is 2.12 bits per heavy atom. The summed E-state index contributed by atoms with van der Waals surface area (Å²) in [6, 6.07) is 0. The molecule has 0 aliphatic rings. The van der Waals surface area contributed by atoms with Crippen molar-refractivity contribution >= 4 is 16.9 Å². The third kappa shape index (κ3) is 5.78. The number of thioether (sulfide) groups is 1. The molecule has 0 spiro atoms. The van der Waals surface area contributed by atoms with Crippen LogP contribution >= 0.6 is 11.8 Å². The topological polar surface area (TPSA) is 70.1 Å². The third-order valence-electron chi connectivity index (χ3n) is 0.360. The first-order valence-electron chi connectivity index (χ1n) is 2.17. The van der Waals surface area contributed by atoms with Gasteiger partial charge < -0.3 is 10.8 Å². The standard InChI is InChI=1S/C4H10N2OS/c1-4(2,7)8-3(5)6/h7H,1-2H3,(H3,5,6). The lowest BCUT2D eigenvalue weighted by atomic mass is 10.5. The number of nitrogens with two attached hydrogens (primary N) is 1. The van der Waals surface area contributed by atoms with Gasteiger partial charge in [0, 0.05) is 0 Å². The van der Waals surface area contributed by atoms with Gasteiger partial charge in [-0.25, -0.2) is 0 Å². The van der Waals surface area contributed by atoms with Gasteiger partial charge in [-0.05, 0) is 13.8 Å². The van der Waals surface area contributed by atoms with Crippen LogP contribution < -0.4 is 5.73 Å². The summed E-state index contributed by atoms with van der Waals surface area (Å²) in [5.74, 6) is 0. The van der Waals surface area contributed by atoms with Crippen molar-refractivity contribution in [2.45, 2.75) is 18.8 Å². The Balaban J connectivity index is 3.55. The Kier molecular flexibility index (Phi) is 2.30. The van der Waals surface area contributed by atoms with Gasteiger partial charge >= 0.3 is 0 Å². The molecule has 0 fully saturated rings. The maximum Gasteiger partial charge on any atom is 0.153 e. The molecule has 0 aromatic carbocycles. The van der Waals surface area contributed by atoms with Gasteiger partial charge in [-0.1, -0.05) is 11.8 Å². The Hall–Kier alpha value is -0.220. The maximum absolute atomic E-state index is 8.93. The van der Waals surface area contributed by atoms with E-state index in [0.29, 0.717) is 0 Å². The molecule has 0 atom stereocenters. The van der Waals surface area contributed by atoms with Crippen LogP contribution in [-0.4, -0.2) is 15.2 Å². The highest BCUT2D eigenvalue weighted by Gasteiger charge is 2.13. The summed E-state index contributed by atoms with van der Waals surface area (Å²) < 4.78 is 0. The average Bonchev–Trinajstić information content (AvgIpc) is 1.21. The predicted molar refractivity (Wildman–Crippen MR) is 35.8 cm³/mol. The molecule has 0 aromatic heterocycles. The Morgan fingerprint density at radius 1 is 1.75 bits per heavy atom. The lowest BCUT2D eigenvalue weighted by Gasteiger charge is -2.13. The first-order chi connectivity index (χ1) is 3.42. The fraction of sp³-hybridized carbons (Fsp3) is 0.750. The highest BCUT2D eigenvalue weighted by Crippen LogP contribution is 2.18. The van der Waals surface area contributed by atoms with Crippen molar-refractivity contribution in [3.63, 3.8) is 0 Å². The fourth-order valence-corrected chi connectivity index (χ4v) is 0.807. The molecule has 4 N–H and O–H groups in total. The van der Waals surface area contributed by atoms with Gasteiger partial charge in [0.25, 0.3) is 0 Å². The molecule has 0 bridgehead atoms. The van der Waals surface area contributed by atoms with Crippen molar-refractivity contribution in [1.82, 2.24) is 0 Å². The molecule has 0 saturated heterocycles. The number of rotatable bonds is 1. The molecule has 0 heterocycles. The largest absolute Gasteiger partial charge is 0.380 e. The van der Waals surface area contributed by atoms with Crippen molar-refractivity contribution in [2.24, 2.45) is 5.73 Å². The summed E-state index contributed by atoms with van der Waals surface area (Å²) in [5.41, 5.74) is 4.96. The molecule has 0 amide bonds. The lowest BCUT2D eigenvalue weighted by molar-refractivity contribution is 0.180. The molecule has 8 heavy (non-hydrogen) atoms. The zero-order chi connectivity index (χ0) is 6.78. The summed E-state index contributed by atoms with van der Waals surface area (Å²) in [6.45, 7) is 3.16. The normalized spacial score (nSPS) is 11.4. The Labute approximate surface area is 52.8 Å². The van der Waals surface area contributed by atoms with E-state index in [0.717, 1.165) is 11.8 Å². The van der Waals surface area contributed by atoms with E-state index in [2.05, 4.69) is 0 Å². The number of amidine groups is 1. The maximum atomic E-state index is 8.93. The number of hydrogen-bond acceptors (Lipinski definition) is 3. The predicted octanol–water partition coefficient (Wildman–Crippen LogP) is 0.341. The molecular formula is C4H10N2OS. The Morgan fingerprint density at radius 2 is 2.12 bits per heavy atom. The van der Waals surface area contributed by atoms with Crippen LogP contribution in [0, 0.1) is 5.41 Å². The fourth-order valence-electron chi connectivity index (χ4n) is 0.269. The van der Waals surface area contributed by atoms with E-state index >= 15 is 0 Å². The summed E-state index contributed by atoms with van der Waals surface area (Å²) >= 11 is 0.928. The highest BCUT2D eigenvalue weighted by atomic mass is 32.2. The smallest absolute Gasteiger partial charge is 0.153 e. The summed E-state index contributed by atoms with van der Waals surface area (Å²) in [4.78, 5) is -0.911. The zero-order valence-electron chi connectivity index (χ0n) is 4.93. The van der Waals surface area contributed by atoms with Gasteiger partial charge in [0.1, 0.15) is 4.93 Å². The van der Waals surface area contributed by atoms with E-state index < -0.39 is 4.93 Å². The molecule has 0 rings (SSSR count). The molecule has 0 saturated carbocycles. The minimum atomic E-state index is -0.911. The molecule has 0 aliphatic carbocycles. The summed E-state index contributed by atoms with van der Waals surface area (Å²) in [5, 5.41) is 15.6. The van der Waals surface area contributed by atoms with Crippen molar-refractivity contribution in [3.8, 4) is 0 Å². The molecule has 0 aliphatic heterocycles. The minimum absolute atomic E-state index is 0.0579. The molecule has 0 aromatic rings. The zero-order valence-corrected chi connectivity index (χ0v) is 5.75. The first kappa shape index (κ1) is 7.78. The first-order valence-corrected chi connectivity index (χ1v) is 2.99.